The number of aliphatic hydroxyl groups excluding tert-OH is 1. The third-order valence-corrected chi connectivity index (χ3v) is 9.73. The lowest BCUT2D eigenvalue weighted by molar-refractivity contribution is -0.132. The molecule has 1 unspecified atom stereocenters. The summed E-state index contributed by atoms with van der Waals surface area (Å²) in [6.45, 7) is 6.51. The quantitative estimate of drug-likeness (QED) is 0.0368. The van der Waals surface area contributed by atoms with Crippen LogP contribution in [-0.2, 0) is 15.3 Å². The molecule has 1 saturated heterocycles. The van der Waals surface area contributed by atoms with E-state index in [0.29, 0.717) is 63.0 Å². The lowest BCUT2D eigenvalue weighted by Crippen LogP contribution is -2.29. The van der Waals surface area contributed by atoms with Gasteiger partial charge in [-0.2, -0.15) is 0 Å². The number of ketones is 1. The Morgan fingerprint density at radius 1 is 1.04 bits per heavy atom. The number of hydrogen-bond donors (Lipinski definition) is 1. The number of halogens is 1. The highest BCUT2D eigenvalue weighted by atomic mass is 32.2. The average molecular weight is 674 g/mol. The predicted octanol–water partition coefficient (Wildman–Crippen LogP) is 7.13. The Morgan fingerprint density at radius 2 is 1.85 bits per heavy atom. The summed E-state index contributed by atoms with van der Waals surface area (Å²) in [6, 6.07) is 16.0. The number of anilines is 1. The number of amides is 1. The number of aromatic nitrogens is 4. The Bertz CT molecular complexity index is 1990. The number of aliphatic hydroxyl groups is 1. The summed E-state index contributed by atoms with van der Waals surface area (Å²) in [7, 11) is 0. The molecule has 10 nitrogen and oxygen atoms in total. The molecule has 1 N–H and O–H groups in total. The van der Waals surface area contributed by atoms with E-state index in [1.165, 1.54) is 22.7 Å². The summed E-state index contributed by atoms with van der Waals surface area (Å²) in [4.78, 5) is 33.5. The Kier molecular flexibility index (Phi) is 9.55. The molecule has 3 aromatic heterocycles. The number of imidazole rings is 1. The van der Waals surface area contributed by atoms with Crippen LogP contribution in [0.3, 0.4) is 0 Å². The fourth-order valence-corrected chi connectivity index (χ4v) is 7.25. The Morgan fingerprint density at radius 3 is 2.64 bits per heavy atom. The molecule has 0 spiro atoms. The zero-order valence-corrected chi connectivity index (χ0v) is 27.6. The number of rotatable bonds is 12. The van der Waals surface area contributed by atoms with Crippen molar-refractivity contribution in [3.05, 3.63) is 101 Å². The maximum Gasteiger partial charge on any atom is 0.301 e. The molecule has 1 atom stereocenters. The van der Waals surface area contributed by atoms with E-state index in [1.807, 2.05) is 13.0 Å². The topological polar surface area (TPSA) is 119 Å². The van der Waals surface area contributed by atoms with Crippen LogP contribution in [0, 0.1) is 12.7 Å². The first-order valence-corrected chi connectivity index (χ1v) is 17.0. The zero-order valence-electron chi connectivity index (χ0n) is 26.0. The minimum Gasteiger partial charge on any atom is -0.505 e. The summed E-state index contributed by atoms with van der Waals surface area (Å²) in [6.07, 6.45) is 3.55. The lowest BCUT2D eigenvalue weighted by Gasteiger charge is -2.23. The highest BCUT2D eigenvalue weighted by Crippen LogP contribution is 2.46. The van der Waals surface area contributed by atoms with E-state index in [0.717, 1.165) is 24.2 Å². The van der Waals surface area contributed by atoms with Crippen molar-refractivity contribution in [2.75, 3.05) is 18.1 Å². The van der Waals surface area contributed by atoms with Crippen LogP contribution in [0.2, 0.25) is 0 Å². The van der Waals surface area contributed by atoms with Gasteiger partial charge >= 0.3 is 5.91 Å². The summed E-state index contributed by atoms with van der Waals surface area (Å²) in [5, 5.41) is 20.5. The van der Waals surface area contributed by atoms with E-state index in [4.69, 9.17) is 9.47 Å². The maximum absolute atomic E-state index is 14.2. The number of aryl methyl sites for hydroxylation is 1. The number of thioether (sulfide) groups is 1. The lowest BCUT2D eigenvalue weighted by atomic mass is 9.96. The molecule has 5 aromatic rings. The molecule has 242 valence electrons. The average Bonchev–Trinajstić information content (AvgIpc) is 3.74. The molecule has 0 radical (unpaired) electrons. The molecule has 1 amide bonds. The molecule has 6 rings (SSSR count). The van der Waals surface area contributed by atoms with Crippen molar-refractivity contribution >= 4 is 51.3 Å². The van der Waals surface area contributed by atoms with E-state index in [9.17, 15) is 19.1 Å². The number of fused-ring (bicyclic) bond motifs is 1. The molecule has 1 fully saturated rings. The van der Waals surface area contributed by atoms with Gasteiger partial charge in [0.1, 0.15) is 17.2 Å². The molecular weight excluding hydrogens is 642 g/mol. The summed E-state index contributed by atoms with van der Waals surface area (Å²) < 4.78 is 28.3. The monoisotopic (exact) mass is 673 g/mol. The van der Waals surface area contributed by atoms with E-state index in [-0.39, 0.29) is 22.3 Å². The fourth-order valence-electron chi connectivity index (χ4n) is 5.39. The first-order chi connectivity index (χ1) is 22.8. The smallest absolute Gasteiger partial charge is 0.301 e. The Hall–Kier alpha value is -4.75. The van der Waals surface area contributed by atoms with Crippen LogP contribution in [0.25, 0.3) is 11.4 Å². The number of carbonyl (C=O) groups excluding carboxylic acids is 2. The number of pyridine rings is 1. The summed E-state index contributed by atoms with van der Waals surface area (Å²) in [5.74, 6) is -1.18. The van der Waals surface area contributed by atoms with E-state index in [1.54, 1.807) is 66.1 Å². The van der Waals surface area contributed by atoms with Gasteiger partial charge in [-0.25, -0.2) is 9.37 Å². The largest absolute Gasteiger partial charge is 0.505 e. The van der Waals surface area contributed by atoms with Gasteiger partial charge in [0, 0.05) is 11.9 Å². The van der Waals surface area contributed by atoms with Gasteiger partial charge in [-0.05, 0) is 61.7 Å². The van der Waals surface area contributed by atoms with Gasteiger partial charge in [0.05, 0.1) is 30.5 Å². The van der Waals surface area contributed by atoms with Crippen LogP contribution < -0.4 is 14.4 Å². The van der Waals surface area contributed by atoms with Crippen molar-refractivity contribution < 1.29 is 28.6 Å². The number of Topliss-reactive ketones (excluding diaryl/α,β-unsaturated/α-hetero) is 1. The Labute approximate surface area is 278 Å². The van der Waals surface area contributed by atoms with Crippen LogP contribution >= 0.6 is 23.1 Å². The minimum absolute atomic E-state index is 0.124. The summed E-state index contributed by atoms with van der Waals surface area (Å²) >= 11 is 2.37. The number of ether oxygens (including phenoxy) is 2. The summed E-state index contributed by atoms with van der Waals surface area (Å²) in [5.41, 5.74) is 2.23. The van der Waals surface area contributed by atoms with E-state index in [2.05, 4.69) is 22.1 Å². The second kappa shape index (κ2) is 13.9. The number of carbonyl (C=O) groups is 2. The fraction of sp³-hybridized carbons (Fsp3) is 0.265. The van der Waals surface area contributed by atoms with Crippen LogP contribution in [0.15, 0.2) is 76.8 Å². The first kappa shape index (κ1) is 32.2. The second-order valence-corrected chi connectivity index (χ2v) is 12.9. The minimum atomic E-state index is -1.08. The van der Waals surface area contributed by atoms with Crippen molar-refractivity contribution in [1.29, 1.82) is 0 Å². The van der Waals surface area contributed by atoms with E-state index >= 15 is 0 Å². The third-order valence-electron chi connectivity index (χ3n) is 7.62. The molecule has 0 saturated carbocycles. The number of benzene rings is 2. The van der Waals surface area contributed by atoms with Gasteiger partial charge in [0.2, 0.25) is 5.13 Å². The van der Waals surface area contributed by atoms with Gasteiger partial charge in [-0.1, -0.05) is 66.8 Å². The highest BCUT2D eigenvalue weighted by molar-refractivity contribution is 8.00. The van der Waals surface area contributed by atoms with Gasteiger partial charge in [0.25, 0.3) is 5.78 Å². The molecule has 2 aromatic carbocycles. The molecule has 13 heteroatoms. The third kappa shape index (κ3) is 6.32. The van der Waals surface area contributed by atoms with Gasteiger partial charge < -0.3 is 14.6 Å². The number of hydrogen-bond acceptors (Lipinski definition) is 10. The maximum atomic E-state index is 14.2. The second-order valence-electron chi connectivity index (χ2n) is 10.7. The van der Waals surface area contributed by atoms with Crippen molar-refractivity contribution in [2.45, 2.75) is 49.7 Å². The molecule has 1 aliphatic rings. The molecule has 1 aliphatic heterocycles. The highest BCUT2D eigenvalue weighted by Gasteiger charge is 2.49. The number of nitrogens with zero attached hydrogens (tertiary/aromatic N) is 5. The van der Waals surface area contributed by atoms with Crippen molar-refractivity contribution in [3.63, 3.8) is 0 Å². The molecule has 0 bridgehead atoms. The number of unbranched alkanes of at least 4 members (excludes halogenated alkanes) is 1. The van der Waals surface area contributed by atoms with Crippen molar-refractivity contribution in [2.24, 2.45) is 0 Å². The Balaban J connectivity index is 1.46. The molecule has 0 aliphatic carbocycles. The van der Waals surface area contributed by atoms with Gasteiger partial charge in [0.15, 0.2) is 21.6 Å². The van der Waals surface area contributed by atoms with Gasteiger partial charge in [-0.15, -0.1) is 10.2 Å². The normalized spacial score (nSPS) is 15.9. The zero-order chi connectivity index (χ0) is 33.1. The van der Waals surface area contributed by atoms with Crippen molar-refractivity contribution in [3.8, 4) is 11.5 Å². The predicted molar refractivity (Wildman–Crippen MR) is 179 cm³/mol. The van der Waals surface area contributed by atoms with Crippen LogP contribution in [0.5, 0.6) is 11.5 Å². The van der Waals surface area contributed by atoms with Crippen molar-refractivity contribution in [1.82, 2.24) is 19.6 Å². The first-order valence-electron chi connectivity index (χ1n) is 15.2. The molecule has 47 heavy (non-hydrogen) atoms. The standard InChI is InChI=1S/C34H32FN5O5S2/c1-4-6-17-45-24-15-14-21(18-25(24)44-5-2)29-27(30(41)28-20(3)36-26-13-9-10-16-39(26)28)31(42)32(43)40(29)33-37-38-34(47-33)46-19-22-11-7-8-12-23(22)35/h7-16,18,29,41H,4-6,17,19H2,1-3H3. The van der Waals surface area contributed by atoms with Crippen LogP contribution in [0.4, 0.5) is 9.52 Å². The van der Waals surface area contributed by atoms with Crippen LogP contribution in [-0.4, -0.2) is 49.6 Å². The molecular formula is C34H32FN5O5S2. The van der Waals surface area contributed by atoms with Crippen LogP contribution in [0.1, 0.15) is 55.2 Å². The molecule has 4 heterocycles. The SMILES string of the molecule is CCCCOc1ccc(C2C(=C(O)c3c(C)nc4ccccn34)C(=O)C(=O)N2c2nnc(SCc3ccccc3F)s2)cc1OCC. The van der Waals surface area contributed by atoms with E-state index < -0.39 is 17.7 Å². The van der Waals surface area contributed by atoms with Gasteiger partial charge in [-0.3, -0.25) is 18.9 Å².